The highest BCUT2D eigenvalue weighted by molar-refractivity contribution is 7.98. The summed E-state index contributed by atoms with van der Waals surface area (Å²) in [5.74, 6) is 2.80. The number of unbranched alkanes of at least 4 members (excludes halogenated alkanes) is 1. The van der Waals surface area contributed by atoms with Gasteiger partial charge in [-0.15, -0.1) is 11.8 Å². The Labute approximate surface area is 122 Å². The van der Waals surface area contributed by atoms with Crippen molar-refractivity contribution in [2.24, 2.45) is 0 Å². The van der Waals surface area contributed by atoms with Crippen molar-refractivity contribution in [2.45, 2.75) is 36.8 Å². The number of thioether (sulfide) groups is 1. The minimum Gasteiger partial charge on any atom is -0.497 e. The molecule has 6 heteroatoms. The fraction of sp³-hybridized carbons (Fsp3) is 0.429. The van der Waals surface area contributed by atoms with Gasteiger partial charge in [-0.3, -0.25) is 0 Å². The van der Waals surface area contributed by atoms with Crippen LogP contribution in [-0.2, 0) is 12.2 Å². The largest absolute Gasteiger partial charge is 0.497 e. The van der Waals surface area contributed by atoms with E-state index in [0.29, 0.717) is 11.6 Å². The highest BCUT2D eigenvalue weighted by atomic mass is 32.2. The van der Waals surface area contributed by atoms with Crippen molar-refractivity contribution in [1.82, 2.24) is 10.1 Å². The molecule has 0 aliphatic heterocycles. The van der Waals surface area contributed by atoms with Crippen molar-refractivity contribution in [3.63, 3.8) is 0 Å². The van der Waals surface area contributed by atoms with Gasteiger partial charge in [0.2, 0.25) is 5.89 Å². The van der Waals surface area contributed by atoms with Crippen LogP contribution < -0.4 is 10.5 Å². The number of benzene rings is 1. The Hall–Kier alpha value is -1.69. The lowest BCUT2D eigenvalue weighted by molar-refractivity contribution is 0.384. The Bertz CT molecular complexity index is 557. The zero-order chi connectivity index (χ0) is 14.4. The number of anilines is 1. The highest BCUT2D eigenvalue weighted by Gasteiger charge is 2.08. The molecule has 2 aromatic rings. The van der Waals surface area contributed by atoms with Crippen molar-refractivity contribution < 1.29 is 9.26 Å². The summed E-state index contributed by atoms with van der Waals surface area (Å²) >= 11 is 1.57. The first-order valence-corrected chi connectivity index (χ1v) is 7.59. The maximum Gasteiger partial charge on any atom is 0.237 e. The average molecular weight is 293 g/mol. The predicted molar refractivity (Wildman–Crippen MR) is 79.9 cm³/mol. The van der Waals surface area contributed by atoms with Gasteiger partial charge in [0.15, 0.2) is 5.82 Å². The van der Waals surface area contributed by atoms with Crippen LogP contribution in [0, 0.1) is 0 Å². The number of aryl methyl sites for hydroxylation is 1. The standard InChI is InChI=1S/C14H19N3O2S/c1-3-4-5-13-16-14(19-17-13)9-20-12-8-10(18-2)6-7-11(12)15/h6-8H,3-5,9,15H2,1-2H3. The molecule has 0 saturated heterocycles. The number of nitrogens with zero attached hydrogens (tertiary/aromatic N) is 2. The van der Waals surface area contributed by atoms with E-state index in [0.717, 1.165) is 41.4 Å². The fourth-order valence-corrected chi connectivity index (χ4v) is 2.52. The first-order valence-electron chi connectivity index (χ1n) is 6.60. The van der Waals surface area contributed by atoms with Crippen LogP contribution in [0.15, 0.2) is 27.6 Å². The van der Waals surface area contributed by atoms with Gasteiger partial charge >= 0.3 is 0 Å². The van der Waals surface area contributed by atoms with Crippen LogP contribution >= 0.6 is 11.8 Å². The Morgan fingerprint density at radius 1 is 1.40 bits per heavy atom. The van der Waals surface area contributed by atoms with Crippen LogP contribution in [0.4, 0.5) is 5.69 Å². The minimum absolute atomic E-state index is 0.608. The molecule has 1 aromatic carbocycles. The maximum atomic E-state index is 5.94. The van der Waals surface area contributed by atoms with E-state index in [1.54, 1.807) is 18.9 Å². The molecule has 0 atom stereocenters. The molecular weight excluding hydrogens is 274 g/mol. The molecule has 0 aliphatic rings. The van der Waals surface area contributed by atoms with Crippen molar-refractivity contribution in [3.05, 3.63) is 29.9 Å². The molecule has 1 aromatic heterocycles. The number of rotatable bonds is 7. The fourth-order valence-electron chi connectivity index (χ4n) is 1.69. The molecule has 0 fully saturated rings. The Balaban J connectivity index is 1.96. The molecule has 5 nitrogen and oxygen atoms in total. The lowest BCUT2D eigenvalue weighted by Crippen LogP contribution is -1.91. The van der Waals surface area contributed by atoms with Gasteiger partial charge in [-0.1, -0.05) is 18.5 Å². The SMILES string of the molecule is CCCCc1noc(CSc2cc(OC)ccc2N)n1. The Kier molecular flexibility index (Phi) is 5.29. The normalized spacial score (nSPS) is 10.7. The Morgan fingerprint density at radius 2 is 2.25 bits per heavy atom. The molecular formula is C14H19N3O2S. The van der Waals surface area contributed by atoms with Gasteiger partial charge < -0.3 is 15.0 Å². The first kappa shape index (κ1) is 14.7. The summed E-state index contributed by atoms with van der Waals surface area (Å²) in [7, 11) is 1.64. The van der Waals surface area contributed by atoms with E-state index in [1.165, 1.54) is 0 Å². The third-order valence-electron chi connectivity index (χ3n) is 2.84. The van der Waals surface area contributed by atoms with Crippen LogP contribution in [0.25, 0.3) is 0 Å². The molecule has 2 rings (SSSR count). The summed E-state index contributed by atoms with van der Waals surface area (Å²) in [5, 5.41) is 3.97. The van der Waals surface area contributed by atoms with Crippen LogP contribution in [0.3, 0.4) is 0 Å². The molecule has 0 aliphatic carbocycles. The van der Waals surface area contributed by atoms with Gasteiger partial charge in [0.1, 0.15) is 5.75 Å². The molecule has 1 heterocycles. The van der Waals surface area contributed by atoms with Gasteiger partial charge in [0.25, 0.3) is 0 Å². The molecule has 20 heavy (non-hydrogen) atoms. The number of aromatic nitrogens is 2. The monoisotopic (exact) mass is 293 g/mol. The zero-order valence-corrected chi connectivity index (χ0v) is 12.6. The second kappa shape index (κ2) is 7.19. The topological polar surface area (TPSA) is 74.2 Å². The van der Waals surface area contributed by atoms with E-state index in [4.69, 9.17) is 15.0 Å². The van der Waals surface area contributed by atoms with Crippen LogP contribution in [0.5, 0.6) is 5.75 Å². The van der Waals surface area contributed by atoms with Crippen molar-refractivity contribution >= 4 is 17.4 Å². The van der Waals surface area contributed by atoms with E-state index >= 15 is 0 Å². The van der Waals surface area contributed by atoms with Gasteiger partial charge in [0, 0.05) is 17.0 Å². The molecule has 0 bridgehead atoms. The lowest BCUT2D eigenvalue weighted by Gasteiger charge is -2.06. The first-order chi connectivity index (χ1) is 9.72. The third-order valence-corrected chi connectivity index (χ3v) is 3.89. The lowest BCUT2D eigenvalue weighted by atomic mass is 10.2. The molecule has 0 radical (unpaired) electrons. The molecule has 0 unspecified atom stereocenters. The Morgan fingerprint density at radius 3 is 3.00 bits per heavy atom. The van der Waals surface area contributed by atoms with Crippen LogP contribution in [0.2, 0.25) is 0 Å². The number of nitrogen functional groups attached to an aromatic ring is 1. The number of ether oxygens (including phenoxy) is 1. The minimum atomic E-state index is 0.608. The second-order valence-corrected chi connectivity index (χ2v) is 5.42. The van der Waals surface area contributed by atoms with Crippen molar-refractivity contribution in [2.75, 3.05) is 12.8 Å². The summed E-state index contributed by atoms with van der Waals surface area (Å²) in [6.45, 7) is 2.14. The smallest absolute Gasteiger partial charge is 0.237 e. The van der Waals surface area contributed by atoms with Gasteiger partial charge in [-0.25, -0.2) is 0 Å². The number of nitrogens with two attached hydrogens (primary N) is 1. The van der Waals surface area contributed by atoms with E-state index in [1.807, 2.05) is 18.2 Å². The van der Waals surface area contributed by atoms with Crippen LogP contribution in [-0.4, -0.2) is 17.3 Å². The molecule has 108 valence electrons. The quantitative estimate of drug-likeness (QED) is 0.623. The summed E-state index contributed by atoms with van der Waals surface area (Å²) < 4.78 is 10.4. The van der Waals surface area contributed by atoms with E-state index in [-0.39, 0.29) is 0 Å². The van der Waals surface area contributed by atoms with E-state index in [9.17, 15) is 0 Å². The van der Waals surface area contributed by atoms with Crippen molar-refractivity contribution in [1.29, 1.82) is 0 Å². The summed E-state index contributed by atoms with van der Waals surface area (Å²) in [4.78, 5) is 5.32. The number of hydrogen-bond donors (Lipinski definition) is 1. The zero-order valence-electron chi connectivity index (χ0n) is 11.8. The highest BCUT2D eigenvalue weighted by Crippen LogP contribution is 2.31. The molecule has 0 spiro atoms. The second-order valence-electron chi connectivity index (χ2n) is 4.40. The third kappa shape index (κ3) is 3.90. The maximum absolute atomic E-state index is 5.94. The number of hydrogen-bond acceptors (Lipinski definition) is 6. The van der Waals surface area contributed by atoms with E-state index < -0.39 is 0 Å². The van der Waals surface area contributed by atoms with Gasteiger partial charge in [-0.2, -0.15) is 4.98 Å². The number of methoxy groups -OCH3 is 1. The summed E-state index contributed by atoms with van der Waals surface area (Å²) in [6.07, 6.45) is 3.07. The predicted octanol–water partition coefficient (Wildman–Crippen LogP) is 3.30. The molecule has 0 saturated carbocycles. The average Bonchev–Trinajstić information content (AvgIpc) is 2.92. The van der Waals surface area contributed by atoms with E-state index in [2.05, 4.69) is 17.1 Å². The molecule has 0 amide bonds. The van der Waals surface area contributed by atoms with Crippen LogP contribution in [0.1, 0.15) is 31.5 Å². The molecule has 2 N–H and O–H groups in total. The van der Waals surface area contributed by atoms with Crippen molar-refractivity contribution in [3.8, 4) is 5.75 Å². The summed E-state index contributed by atoms with van der Waals surface area (Å²) in [5.41, 5.74) is 6.66. The van der Waals surface area contributed by atoms with Gasteiger partial charge in [0.05, 0.1) is 12.9 Å². The summed E-state index contributed by atoms with van der Waals surface area (Å²) in [6, 6.07) is 5.59. The van der Waals surface area contributed by atoms with Gasteiger partial charge in [-0.05, 0) is 24.6 Å².